The highest BCUT2D eigenvalue weighted by molar-refractivity contribution is 9.10. The van der Waals surface area contributed by atoms with Gasteiger partial charge in [0.05, 0.1) is 19.8 Å². The van der Waals surface area contributed by atoms with Crippen LogP contribution in [0.5, 0.6) is 5.88 Å². The fraction of sp³-hybridized carbons (Fsp3) is 0.471. The number of carbonyl (C=O) groups excluding carboxylic acids is 1. The van der Waals surface area contributed by atoms with E-state index in [9.17, 15) is 9.90 Å². The summed E-state index contributed by atoms with van der Waals surface area (Å²) in [5, 5.41) is 14.1. The van der Waals surface area contributed by atoms with Crippen LogP contribution in [0.3, 0.4) is 0 Å². The molecule has 1 unspecified atom stereocenters. The van der Waals surface area contributed by atoms with Crippen LogP contribution in [-0.2, 0) is 13.6 Å². The maximum absolute atomic E-state index is 12.6. The Morgan fingerprint density at radius 1 is 1.48 bits per heavy atom. The lowest BCUT2D eigenvalue weighted by molar-refractivity contribution is 0.0770. The van der Waals surface area contributed by atoms with Gasteiger partial charge in [-0.2, -0.15) is 5.10 Å². The third kappa shape index (κ3) is 4.79. The van der Waals surface area contributed by atoms with E-state index in [4.69, 9.17) is 4.74 Å². The number of methoxy groups -OCH3 is 1. The molecule has 138 valence electrons. The molecule has 0 aliphatic rings. The zero-order chi connectivity index (χ0) is 19.1. The van der Waals surface area contributed by atoms with Gasteiger partial charge in [-0.15, -0.1) is 0 Å². The van der Waals surface area contributed by atoms with Gasteiger partial charge in [0.1, 0.15) is 15.9 Å². The lowest BCUT2D eigenvalue weighted by atomic mass is 10.1. The van der Waals surface area contributed by atoms with Crippen LogP contribution in [0.2, 0.25) is 0 Å². The Balaban J connectivity index is 0.00000151. The summed E-state index contributed by atoms with van der Waals surface area (Å²) in [5.74, 6) is 0.307. The largest absolute Gasteiger partial charge is 0.480 e. The molecule has 1 atom stereocenters. The second-order valence-electron chi connectivity index (χ2n) is 5.17. The predicted molar refractivity (Wildman–Crippen MR) is 99.5 cm³/mol. The number of hydrogen-bond donors (Lipinski definition) is 1. The highest BCUT2D eigenvalue weighted by Crippen LogP contribution is 2.28. The van der Waals surface area contributed by atoms with Crippen LogP contribution in [0.25, 0.3) is 0 Å². The number of amides is 1. The van der Waals surface area contributed by atoms with Crippen LogP contribution in [-0.4, -0.2) is 44.8 Å². The summed E-state index contributed by atoms with van der Waals surface area (Å²) < 4.78 is 7.54. The van der Waals surface area contributed by atoms with E-state index in [2.05, 4.69) is 26.0 Å². The number of rotatable bonds is 5. The average molecular weight is 413 g/mol. The summed E-state index contributed by atoms with van der Waals surface area (Å²) in [4.78, 5) is 18.2. The van der Waals surface area contributed by atoms with Crippen molar-refractivity contribution in [2.45, 2.75) is 33.4 Å². The van der Waals surface area contributed by atoms with Crippen LogP contribution in [0.15, 0.2) is 22.8 Å². The minimum Gasteiger partial charge on any atom is -0.480 e. The Bertz CT molecular complexity index is 716. The molecule has 2 aromatic rings. The van der Waals surface area contributed by atoms with Gasteiger partial charge in [-0.1, -0.05) is 19.9 Å². The molecule has 0 aromatic carbocycles. The molecule has 0 bridgehead atoms. The molecule has 2 rings (SSSR count). The summed E-state index contributed by atoms with van der Waals surface area (Å²) >= 11 is 3.43. The molecule has 0 radical (unpaired) electrons. The van der Waals surface area contributed by atoms with E-state index in [1.807, 2.05) is 13.8 Å². The van der Waals surface area contributed by atoms with E-state index < -0.39 is 6.10 Å². The summed E-state index contributed by atoms with van der Waals surface area (Å²) in [6.45, 7) is 5.89. The van der Waals surface area contributed by atoms with Gasteiger partial charge in [-0.05, 0) is 28.9 Å². The Hall–Kier alpha value is -1.93. The average Bonchev–Trinajstić information content (AvgIpc) is 2.88. The molecule has 25 heavy (non-hydrogen) atoms. The molecular formula is C17H25BrN4O3. The Kier molecular flexibility index (Phi) is 8.05. The number of aryl methyl sites for hydroxylation is 1. The molecule has 8 heteroatoms. The molecular weight excluding hydrogens is 388 g/mol. The maximum atomic E-state index is 12.6. The highest BCUT2D eigenvalue weighted by atomic mass is 79.9. The minimum absolute atomic E-state index is 0.240. The van der Waals surface area contributed by atoms with E-state index >= 15 is 0 Å². The van der Waals surface area contributed by atoms with Crippen molar-refractivity contribution in [3.8, 4) is 5.88 Å². The molecule has 0 saturated heterocycles. The first kappa shape index (κ1) is 21.1. The summed E-state index contributed by atoms with van der Waals surface area (Å²) in [7, 11) is 4.98. The fourth-order valence-electron chi connectivity index (χ4n) is 2.27. The van der Waals surface area contributed by atoms with Crippen LogP contribution >= 0.6 is 15.9 Å². The standard InChI is InChI=1S/C15H19BrN4O3.C2H6/c1-9(21)10-6-5-7-17-13(10)14(22)19(2)8-11-12(16)15(23-4)20(3)18-11;1-2/h5-7,9,21H,8H2,1-4H3;1-2H3. The van der Waals surface area contributed by atoms with Gasteiger partial charge < -0.3 is 14.7 Å². The third-order valence-corrected chi connectivity index (χ3v) is 4.22. The minimum atomic E-state index is -0.766. The number of nitrogens with zero attached hydrogens (tertiary/aromatic N) is 4. The molecule has 1 N–H and O–H groups in total. The van der Waals surface area contributed by atoms with Gasteiger partial charge in [-0.25, -0.2) is 4.68 Å². The molecule has 2 heterocycles. The van der Waals surface area contributed by atoms with Gasteiger partial charge in [0.2, 0.25) is 5.88 Å². The van der Waals surface area contributed by atoms with Crippen molar-refractivity contribution in [1.82, 2.24) is 19.7 Å². The fourth-order valence-corrected chi connectivity index (χ4v) is 2.89. The molecule has 2 aromatic heterocycles. The van der Waals surface area contributed by atoms with Gasteiger partial charge in [-0.3, -0.25) is 9.78 Å². The van der Waals surface area contributed by atoms with E-state index in [0.717, 1.165) is 0 Å². The monoisotopic (exact) mass is 412 g/mol. The maximum Gasteiger partial charge on any atom is 0.272 e. The zero-order valence-corrected chi connectivity index (χ0v) is 17.0. The van der Waals surface area contributed by atoms with Crippen molar-refractivity contribution in [1.29, 1.82) is 0 Å². The van der Waals surface area contributed by atoms with Crippen molar-refractivity contribution >= 4 is 21.8 Å². The van der Waals surface area contributed by atoms with Crippen LogP contribution < -0.4 is 4.74 Å². The van der Waals surface area contributed by atoms with Crippen molar-refractivity contribution in [3.63, 3.8) is 0 Å². The number of aliphatic hydroxyl groups excluding tert-OH is 1. The van der Waals surface area contributed by atoms with Crippen LogP contribution in [0.4, 0.5) is 0 Å². The molecule has 0 aliphatic heterocycles. The summed E-state index contributed by atoms with van der Waals surface area (Å²) in [6.07, 6.45) is 0.768. The van der Waals surface area contributed by atoms with E-state index in [1.165, 1.54) is 11.1 Å². The van der Waals surface area contributed by atoms with E-state index in [0.29, 0.717) is 21.6 Å². The van der Waals surface area contributed by atoms with Crippen molar-refractivity contribution in [2.24, 2.45) is 7.05 Å². The van der Waals surface area contributed by atoms with E-state index in [-0.39, 0.29) is 18.1 Å². The van der Waals surface area contributed by atoms with Crippen LogP contribution in [0, 0.1) is 0 Å². The van der Waals surface area contributed by atoms with Crippen LogP contribution in [0.1, 0.15) is 48.6 Å². The number of halogens is 1. The third-order valence-electron chi connectivity index (χ3n) is 3.42. The number of carbonyl (C=O) groups is 1. The normalized spacial score (nSPS) is 11.4. The van der Waals surface area contributed by atoms with E-state index in [1.54, 1.807) is 44.9 Å². The number of aromatic nitrogens is 3. The Morgan fingerprint density at radius 3 is 2.64 bits per heavy atom. The number of ether oxygens (including phenoxy) is 1. The van der Waals surface area contributed by atoms with Gasteiger partial charge in [0.15, 0.2) is 0 Å². The lowest BCUT2D eigenvalue weighted by Crippen LogP contribution is -2.28. The lowest BCUT2D eigenvalue weighted by Gasteiger charge is -2.18. The smallest absolute Gasteiger partial charge is 0.272 e. The first-order valence-electron chi connectivity index (χ1n) is 8.00. The molecule has 7 nitrogen and oxygen atoms in total. The van der Waals surface area contributed by atoms with Gasteiger partial charge >= 0.3 is 0 Å². The second kappa shape index (κ2) is 9.53. The van der Waals surface area contributed by atoms with Crippen molar-refractivity contribution in [2.75, 3.05) is 14.2 Å². The quantitative estimate of drug-likeness (QED) is 0.816. The molecule has 0 saturated carbocycles. The second-order valence-corrected chi connectivity index (χ2v) is 5.96. The number of hydrogen-bond acceptors (Lipinski definition) is 5. The number of aliphatic hydroxyl groups is 1. The molecule has 0 aliphatic carbocycles. The van der Waals surface area contributed by atoms with Gasteiger partial charge in [0.25, 0.3) is 5.91 Å². The van der Waals surface area contributed by atoms with Crippen molar-refractivity contribution < 1.29 is 14.6 Å². The Labute approximate surface area is 156 Å². The SMILES string of the molecule is CC.COc1c(Br)c(CN(C)C(=O)c2ncccc2C(C)O)nn1C. The summed E-state index contributed by atoms with van der Waals surface area (Å²) in [5.41, 5.74) is 1.42. The Morgan fingerprint density at radius 2 is 2.12 bits per heavy atom. The molecule has 0 spiro atoms. The first-order valence-corrected chi connectivity index (χ1v) is 8.79. The first-order chi connectivity index (χ1) is 11.9. The predicted octanol–water partition coefficient (Wildman–Crippen LogP) is 2.94. The topological polar surface area (TPSA) is 80.5 Å². The number of pyridine rings is 1. The molecule has 0 fully saturated rings. The molecule has 1 amide bonds. The van der Waals surface area contributed by atoms with Gasteiger partial charge in [0, 0.05) is 25.9 Å². The summed E-state index contributed by atoms with van der Waals surface area (Å²) in [6, 6.07) is 3.39. The zero-order valence-electron chi connectivity index (χ0n) is 15.4. The van der Waals surface area contributed by atoms with Crippen molar-refractivity contribution in [3.05, 3.63) is 39.8 Å². The highest BCUT2D eigenvalue weighted by Gasteiger charge is 2.22.